The molecule has 24 heavy (non-hydrogen) atoms. The van der Waals surface area contributed by atoms with E-state index in [0.29, 0.717) is 6.42 Å². The van der Waals surface area contributed by atoms with Gasteiger partial charge in [-0.1, -0.05) is 20.3 Å². The average Bonchev–Trinajstić information content (AvgIpc) is 2.57. The quantitative estimate of drug-likeness (QED) is 0.749. The number of carbonyl (C=O) groups excluding carboxylic acids is 2. The topological polar surface area (TPSA) is 89.5 Å². The van der Waals surface area contributed by atoms with Gasteiger partial charge >= 0.3 is 11.7 Å². The van der Waals surface area contributed by atoms with Crippen molar-refractivity contribution in [1.82, 2.24) is 5.32 Å². The molecule has 0 aliphatic heterocycles. The summed E-state index contributed by atoms with van der Waals surface area (Å²) in [5.74, 6) is -4.95. The number of hydrogen-bond acceptors (Lipinski definition) is 5. The van der Waals surface area contributed by atoms with Gasteiger partial charge in [0.1, 0.15) is 6.04 Å². The molecule has 0 saturated heterocycles. The van der Waals surface area contributed by atoms with Crippen molar-refractivity contribution in [2.24, 2.45) is 5.92 Å². The highest BCUT2D eigenvalue weighted by atomic mass is 32.2. The number of hydrogen-bond donors (Lipinski definition) is 1. The first kappa shape index (κ1) is 20.0. The van der Waals surface area contributed by atoms with Crippen molar-refractivity contribution in [3.05, 3.63) is 29.8 Å². The number of benzene rings is 1. The van der Waals surface area contributed by atoms with Crippen LogP contribution in [0.15, 0.2) is 29.2 Å². The molecule has 0 fully saturated rings. The summed E-state index contributed by atoms with van der Waals surface area (Å²) >= 11 is 0. The fourth-order valence-electron chi connectivity index (χ4n) is 1.92. The third-order valence-corrected chi connectivity index (χ3v) is 5.03. The maximum absolute atomic E-state index is 12.5. The molecule has 0 spiro atoms. The predicted molar refractivity (Wildman–Crippen MR) is 82.4 cm³/mol. The summed E-state index contributed by atoms with van der Waals surface area (Å²) in [4.78, 5) is 23.3. The SMILES string of the molecule is CC[C@H](C)[C@H](NC(=O)c1ccc(S(=O)(=O)C(F)F)cc1)C(=O)OC. The van der Waals surface area contributed by atoms with Crippen LogP contribution < -0.4 is 5.32 Å². The molecule has 2 atom stereocenters. The van der Waals surface area contributed by atoms with Gasteiger partial charge in [0.25, 0.3) is 5.91 Å². The Balaban J connectivity index is 2.98. The normalized spacial score (nSPS) is 14.1. The third-order valence-electron chi connectivity index (χ3n) is 3.63. The minimum Gasteiger partial charge on any atom is -0.467 e. The first-order chi connectivity index (χ1) is 11.1. The molecule has 0 radical (unpaired) electrons. The van der Waals surface area contributed by atoms with Crippen LogP contribution in [-0.2, 0) is 19.4 Å². The van der Waals surface area contributed by atoms with E-state index in [-0.39, 0.29) is 11.5 Å². The number of ether oxygens (including phenoxy) is 1. The minimum atomic E-state index is -4.72. The summed E-state index contributed by atoms with van der Waals surface area (Å²) in [5.41, 5.74) is 0.0421. The molecule has 0 unspecified atom stereocenters. The lowest BCUT2D eigenvalue weighted by atomic mass is 9.99. The Kier molecular flexibility index (Phi) is 6.82. The van der Waals surface area contributed by atoms with Crippen LogP contribution in [0.25, 0.3) is 0 Å². The number of carbonyl (C=O) groups is 2. The van der Waals surface area contributed by atoms with Gasteiger partial charge in [0.2, 0.25) is 9.84 Å². The fourth-order valence-corrected chi connectivity index (χ4v) is 2.64. The van der Waals surface area contributed by atoms with Gasteiger partial charge in [-0.2, -0.15) is 8.78 Å². The molecule has 0 aromatic heterocycles. The Morgan fingerprint density at radius 1 is 1.21 bits per heavy atom. The highest BCUT2D eigenvalue weighted by molar-refractivity contribution is 7.91. The van der Waals surface area contributed by atoms with E-state index in [1.54, 1.807) is 6.92 Å². The van der Waals surface area contributed by atoms with E-state index in [4.69, 9.17) is 0 Å². The van der Waals surface area contributed by atoms with Crippen LogP contribution in [0, 0.1) is 5.92 Å². The van der Waals surface area contributed by atoms with E-state index in [1.165, 1.54) is 7.11 Å². The molecule has 9 heteroatoms. The van der Waals surface area contributed by atoms with Crippen molar-refractivity contribution in [2.75, 3.05) is 7.11 Å². The number of nitrogens with one attached hydrogen (secondary N) is 1. The van der Waals surface area contributed by atoms with E-state index in [1.807, 2.05) is 6.92 Å². The number of sulfone groups is 1. The molecule has 6 nitrogen and oxygen atoms in total. The average molecular weight is 363 g/mol. The third kappa shape index (κ3) is 4.50. The van der Waals surface area contributed by atoms with Gasteiger partial charge in [-0.25, -0.2) is 13.2 Å². The highest BCUT2D eigenvalue weighted by Crippen LogP contribution is 2.19. The lowest BCUT2D eigenvalue weighted by Gasteiger charge is -2.21. The number of amides is 1. The number of rotatable bonds is 7. The molecule has 1 aromatic rings. The highest BCUT2D eigenvalue weighted by Gasteiger charge is 2.28. The van der Waals surface area contributed by atoms with Gasteiger partial charge in [0, 0.05) is 5.56 Å². The molecule has 0 heterocycles. The Labute approximate surface area is 139 Å². The van der Waals surface area contributed by atoms with Crippen molar-refractivity contribution in [1.29, 1.82) is 0 Å². The maximum Gasteiger partial charge on any atom is 0.341 e. The molecule has 0 bridgehead atoms. The monoisotopic (exact) mass is 363 g/mol. The molecule has 1 N–H and O–H groups in total. The predicted octanol–water partition coefficient (Wildman–Crippen LogP) is 2.00. The van der Waals surface area contributed by atoms with E-state index in [9.17, 15) is 26.8 Å². The van der Waals surface area contributed by atoms with Gasteiger partial charge in [-0.3, -0.25) is 4.79 Å². The summed E-state index contributed by atoms with van der Waals surface area (Å²) in [6, 6.07) is 3.20. The molecule has 134 valence electrons. The van der Waals surface area contributed by atoms with Crippen LogP contribution in [0.3, 0.4) is 0 Å². The number of esters is 1. The lowest BCUT2D eigenvalue weighted by molar-refractivity contribution is -0.144. The second kappa shape index (κ2) is 8.18. The second-order valence-corrected chi connectivity index (χ2v) is 7.11. The molecular formula is C15H19F2NO5S. The van der Waals surface area contributed by atoms with Crippen molar-refractivity contribution in [3.63, 3.8) is 0 Å². The summed E-state index contributed by atoms with van der Waals surface area (Å²) in [6.07, 6.45) is 0.617. The molecule has 0 aliphatic carbocycles. The second-order valence-electron chi connectivity index (χ2n) is 5.19. The maximum atomic E-state index is 12.5. The Morgan fingerprint density at radius 3 is 2.17 bits per heavy atom. The lowest BCUT2D eigenvalue weighted by Crippen LogP contribution is -2.45. The molecule has 0 saturated carbocycles. The van der Waals surface area contributed by atoms with Crippen molar-refractivity contribution < 1.29 is 31.5 Å². The smallest absolute Gasteiger partial charge is 0.341 e. The van der Waals surface area contributed by atoms with Gasteiger partial charge < -0.3 is 10.1 Å². The zero-order chi connectivity index (χ0) is 18.5. The van der Waals surface area contributed by atoms with Crippen LogP contribution in [0.5, 0.6) is 0 Å². The van der Waals surface area contributed by atoms with Crippen LogP contribution >= 0.6 is 0 Å². The van der Waals surface area contributed by atoms with E-state index in [0.717, 1.165) is 24.3 Å². The van der Waals surface area contributed by atoms with Crippen LogP contribution in [0.1, 0.15) is 30.6 Å². The van der Waals surface area contributed by atoms with E-state index in [2.05, 4.69) is 10.1 Å². The van der Waals surface area contributed by atoms with Gasteiger partial charge in [0.15, 0.2) is 0 Å². The first-order valence-corrected chi connectivity index (χ1v) is 8.70. The summed E-state index contributed by atoms with van der Waals surface area (Å²) in [7, 11) is -3.51. The Morgan fingerprint density at radius 2 is 1.75 bits per heavy atom. The van der Waals surface area contributed by atoms with Crippen molar-refractivity contribution in [3.8, 4) is 0 Å². The van der Waals surface area contributed by atoms with Crippen LogP contribution in [-0.4, -0.2) is 39.2 Å². The molecule has 0 aliphatic rings. The molecule has 1 rings (SSSR count). The minimum absolute atomic E-state index is 0.0421. The van der Waals surface area contributed by atoms with E-state index < -0.39 is 38.4 Å². The van der Waals surface area contributed by atoms with Crippen LogP contribution in [0.4, 0.5) is 8.78 Å². The zero-order valence-electron chi connectivity index (χ0n) is 13.5. The summed E-state index contributed by atoms with van der Waals surface area (Å²) in [5, 5.41) is 2.50. The van der Waals surface area contributed by atoms with Crippen molar-refractivity contribution in [2.45, 2.75) is 37.0 Å². The molecule has 1 amide bonds. The van der Waals surface area contributed by atoms with Gasteiger partial charge in [-0.15, -0.1) is 0 Å². The van der Waals surface area contributed by atoms with Crippen molar-refractivity contribution >= 4 is 21.7 Å². The van der Waals surface area contributed by atoms with Crippen LogP contribution in [0.2, 0.25) is 0 Å². The first-order valence-electron chi connectivity index (χ1n) is 7.15. The number of halogens is 2. The summed E-state index contributed by atoms with van der Waals surface area (Å²) in [6.45, 7) is 3.61. The Hall–Kier alpha value is -2.03. The fraction of sp³-hybridized carbons (Fsp3) is 0.467. The number of alkyl halides is 2. The summed E-state index contributed by atoms with van der Waals surface area (Å²) < 4.78 is 52.2. The molecule has 1 aromatic carbocycles. The van der Waals surface area contributed by atoms with Gasteiger partial charge in [-0.05, 0) is 30.2 Å². The molecular weight excluding hydrogens is 344 g/mol. The standard InChI is InChI=1S/C15H19F2NO5S/c1-4-9(2)12(14(20)23-3)18-13(19)10-5-7-11(8-6-10)24(21,22)15(16)17/h5-9,12,15H,4H2,1-3H3,(H,18,19)/t9-,12-/m0/s1. The number of methoxy groups -OCH3 is 1. The zero-order valence-corrected chi connectivity index (χ0v) is 14.3. The van der Waals surface area contributed by atoms with E-state index >= 15 is 0 Å². The Bertz CT molecular complexity index is 688. The van der Waals surface area contributed by atoms with Gasteiger partial charge in [0.05, 0.1) is 12.0 Å². The largest absolute Gasteiger partial charge is 0.467 e.